The molecule has 1 aliphatic heterocycles. The van der Waals surface area contributed by atoms with Gasteiger partial charge in [-0.25, -0.2) is 0 Å². The fraction of sp³-hybridized carbons (Fsp3) is 0.304. The third kappa shape index (κ3) is 3.39. The van der Waals surface area contributed by atoms with E-state index in [0.717, 1.165) is 27.0 Å². The summed E-state index contributed by atoms with van der Waals surface area (Å²) in [6.07, 6.45) is 1.38. The lowest BCUT2D eigenvalue weighted by molar-refractivity contribution is -0.121. The molecule has 144 valence electrons. The summed E-state index contributed by atoms with van der Waals surface area (Å²) in [6, 6.07) is 14.5. The molecule has 4 nitrogen and oxygen atoms in total. The zero-order chi connectivity index (χ0) is 20.1. The second-order valence-corrected chi connectivity index (χ2v) is 9.27. The third-order valence-corrected chi connectivity index (χ3v) is 6.00. The Hall–Kier alpha value is -2.40. The van der Waals surface area contributed by atoms with E-state index < -0.39 is 0 Å². The minimum absolute atomic E-state index is 0.0135. The lowest BCUT2D eigenvalue weighted by atomic mass is 9.69. The molecule has 0 aromatic heterocycles. The standard InChI is InChI=1S/C23H22BrNO3/c1-23(2)12-19-22(20(27)13-23)18(14-6-8-17(26)9-7-14)11-21(28)25(19)16-5-3-4-15(24)10-16/h3-10,18,26H,11-13H2,1-2H3. The first-order valence-corrected chi connectivity index (χ1v) is 10.2. The smallest absolute Gasteiger partial charge is 0.232 e. The van der Waals surface area contributed by atoms with Crippen molar-refractivity contribution in [3.8, 4) is 5.75 Å². The topological polar surface area (TPSA) is 57.6 Å². The number of phenolic OH excluding ortho intramolecular Hbond substituents is 1. The number of ketones is 1. The monoisotopic (exact) mass is 439 g/mol. The first kappa shape index (κ1) is 18.9. The van der Waals surface area contributed by atoms with Gasteiger partial charge in [-0.05, 0) is 47.7 Å². The number of hydrogen-bond acceptors (Lipinski definition) is 3. The number of aromatic hydroxyl groups is 1. The highest BCUT2D eigenvalue weighted by molar-refractivity contribution is 9.10. The third-order valence-electron chi connectivity index (χ3n) is 5.50. The lowest BCUT2D eigenvalue weighted by Gasteiger charge is -2.43. The Morgan fingerprint density at radius 2 is 1.79 bits per heavy atom. The molecule has 0 fully saturated rings. The molecular weight excluding hydrogens is 418 g/mol. The normalized spacial score (nSPS) is 21.7. The van der Waals surface area contributed by atoms with Crippen molar-refractivity contribution in [3.05, 3.63) is 69.8 Å². The average Bonchev–Trinajstić information content (AvgIpc) is 2.60. The number of rotatable bonds is 2. The van der Waals surface area contributed by atoms with Gasteiger partial charge < -0.3 is 5.11 Å². The number of halogens is 1. The maximum Gasteiger partial charge on any atom is 0.232 e. The Morgan fingerprint density at radius 1 is 1.07 bits per heavy atom. The van der Waals surface area contributed by atoms with E-state index in [1.165, 1.54) is 0 Å². The molecule has 1 aliphatic carbocycles. The summed E-state index contributed by atoms with van der Waals surface area (Å²) in [5, 5.41) is 9.62. The molecule has 2 aliphatic rings. The summed E-state index contributed by atoms with van der Waals surface area (Å²) in [4.78, 5) is 28.2. The minimum Gasteiger partial charge on any atom is -0.508 e. The first-order chi connectivity index (χ1) is 13.2. The summed E-state index contributed by atoms with van der Waals surface area (Å²) in [7, 11) is 0. The van der Waals surface area contributed by atoms with Gasteiger partial charge in [0.2, 0.25) is 5.91 Å². The average molecular weight is 440 g/mol. The van der Waals surface area contributed by atoms with Gasteiger partial charge in [0.05, 0.1) is 0 Å². The summed E-state index contributed by atoms with van der Waals surface area (Å²) in [6.45, 7) is 4.14. The Bertz CT molecular complexity index is 991. The minimum atomic E-state index is -0.268. The van der Waals surface area contributed by atoms with Crippen molar-refractivity contribution in [1.29, 1.82) is 0 Å². The van der Waals surface area contributed by atoms with Gasteiger partial charge in [-0.3, -0.25) is 14.5 Å². The van der Waals surface area contributed by atoms with Crippen LogP contribution in [0.3, 0.4) is 0 Å². The van der Waals surface area contributed by atoms with Gasteiger partial charge in [0.15, 0.2) is 5.78 Å². The highest BCUT2D eigenvalue weighted by Crippen LogP contribution is 2.48. The number of carbonyl (C=O) groups is 2. The van der Waals surface area contributed by atoms with Crippen molar-refractivity contribution in [2.45, 2.75) is 39.0 Å². The van der Waals surface area contributed by atoms with E-state index in [2.05, 4.69) is 29.8 Å². The van der Waals surface area contributed by atoms with Crippen LogP contribution in [0.15, 0.2) is 64.3 Å². The van der Waals surface area contributed by atoms with Crippen LogP contribution in [0.1, 0.15) is 44.6 Å². The number of carbonyl (C=O) groups excluding carboxylic acids is 2. The van der Waals surface area contributed by atoms with Gasteiger partial charge in [0.25, 0.3) is 0 Å². The highest BCUT2D eigenvalue weighted by Gasteiger charge is 2.44. The molecule has 0 saturated carbocycles. The van der Waals surface area contributed by atoms with Crippen molar-refractivity contribution in [2.75, 3.05) is 4.90 Å². The molecule has 1 amide bonds. The van der Waals surface area contributed by atoms with Crippen LogP contribution in [0.5, 0.6) is 5.75 Å². The molecule has 0 spiro atoms. The van der Waals surface area contributed by atoms with Gasteiger partial charge in [-0.15, -0.1) is 0 Å². The molecule has 0 saturated heterocycles. The number of allylic oxidation sites excluding steroid dienone is 2. The highest BCUT2D eigenvalue weighted by atomic mass is 79.9. The van der Waals surface area contributed by atoms with E-state index >= 15 is 0 Å². The van der Waals surface area contributed by atoms with Crippen molar-refractivity contribution >= 4 is 33.3 Å². The van der Waals surface area contributed by atoms with E-state index in [9.17, 15) is 14.7 Å². The second kappa shape index (κ2) is 6.89. The summed E-state index contributed by atoms with van der Waals surface area (Å²) in [5.41, 5.74) is 3.03. The zero-order valence-corrected chi connectivity index (χ0v) is 17.5. The molecule has 2 aromatic carbocycles. The molecule has 4 rings (SSSR count). The second-order valence-electron chi connectivity index (χ2n) is 8.36. The molecule has 0 radical (unpaired) electrons. The van der Waals surface area contributed by atoms with E-state index in [0.29, 0.717) is 12.8 Å². The molecule has 28 heavy (non-hydrogen) atoms. The molecule has 5 heteroatoms. The predicted octanol–water partition coefficient (Wildman–Crippen LogP) is 5.32. The number of amides is 1. The number of nitrogens with zero attached hydrogens (tertiary/aromatic N) is 1. The van der Waals surface area contributed by atoms with Crippen LogP contribution in [0.25, 0.3) is 0 Å². The molecule has 0 bridgehead atoms. The number of hydrogen-bond donors (Lipinski definition) is 1. The van der Waals surface area contributed by atoms with Crippen LogP contribution in [-0.2, 0) is 9.59 Å². The summed E-state index contributed by atoms with van der Waals surface area (Å²) < 4.78 is 0.891. The molecule has 1 heterocycles. The van der Waals surface area contributed by atoms with Crippen molar-refractivity contribution in [3.63, 3.8) is 0 Å². The fourth-order valence-corrected chi connectivity index (χ4v) is 4.71. The van der Waals surface area contributed by atoms with Gasteiger partial charge in [0.1, 0.15) is 5.75 Å². The molecule has 1 N–H and O–H groups in total. The maximum atomic E-state index is 13.2. The van der Waals surface area contributed by atoms with Crippen molar-refractivity contribution in [1.82, 2.24) is 0 Å². The SMILES string of the molecule is CC1(C)CC(=O)C2=C(C1)N(c1cccc(Br)c1)C(=O)CC2c1ccc(O)cc1. The van der Waals surface area contributed by atoms with E-state index in [1.54, 1.807) is 29.2 Å². The first-order valence-electron chi connectivity index (χ1n) is 9.39. The largest absolute Gasteiger partial charge is 0.508 e. The van der Waals surface area contributed by atoms with Gasteiger partial charge in [-0.2, -0.15) is 0 Å². The molecular formula is C23H22BrNO3. The van der Waals surface area contributed by atoms with Gasteiger partial charge >= 0.3 is 0 Å². The number of anilines is 1. The molecule has 1 atom stereocenters. The van der Waals surface area contributed by atoms with Crippen LogP contribution >= 0.6 is 15.9 Å². The van der Waals surface area contributed by atoms with Crippen molar-refractivity contribution in [2.24, 2.45) is 5.41 Å². The quantitative estimate of drug-likeness (QED) is 0.688. The van der Waals surface area contributed by atoms with Crippen LogP contribution in [0.2, 0.25) is 0 Å². The summed E-state index contributed by atoms with van der Waals surface area (Å²) >= 11 is 3.48. The zero-order valence-electron chi connectivity index (χ0n) is 15.9. The Labute approximate surface area is 173 Å². The van der Waals surface area contributed by atoms with Gasteiger partial charge in [-0.1, -0.05) is 48.0 Å². The number of Topliss-reactive ketones (excluding diaryl/α,β-unsaturated/α-hetero) is 1. The maximum absolute atomic E-state index is 13.2. The predicted molar refractivity (Wildman–Crippen MR) is 112 cm³/mol. The van der Waals surface area contributed by atoms with E-state index in [1.807, 2.05) is 24.3 Å². The molecule has 2 aromatic rings. The lowest BCUT2D eigenvalue weighted by Crippen LogP contribution is -2.43. The van der Waals surface area contributed by atoms with Gasteiger partial charge in [0, 0.05) is 40.2 Å². The number of phenols is 1. The van der Waals surface area contributed by atoms with Crippen LogP contribution < -0.4 is 4.90 Å². The fourth-order valence-electron chi connectivity index (χ4n) is 4.32. The Balaban J connectivity index is 1.89. The Kier molecular flexibility index (Phi) is 4.66. The van der Waals surface area contributed by atoms with Crippen LogP contribution in [0.4, 0.5) is 5.69 Å². The van der Waals surface area contributed by atoms with Crippen LogP contribution in [-0.4, -0.2) is 16.8 Å². The Morgan fingerprint density at radius 3 is 2.46 bits per heavy atom. The summed E-state index contributed by atoms with van der Waals surface area (Å²) in [5.74, 6) is -0.000643. The van der Waals surface area contributed by atoms with Crippen molar-refractivity contribution < 1.29 is 14.7 Å². The number of benzene rings is 2. The molecule has 1 unspecified atom stereocenters. The van der Waals surface area contributed by atoms with E-state index in [-0.39, 0.29) is 35.2 Å². The van der Waals surface area contributed by atoms with Crippen LogP contribution in [0, 0.1) is 5.41 Å². The van der Waals surface area contributed by atoms with E-state index in [4.69, 9.17) is 0 Å².